The number of morpholine rings is 1. The van der Waals surface area contributed by atoms with Gasteiger partial charge < -0.3 is 14.8 Å². The summed E-state index contributed by atoms with van der Waals surface area (Å²) in [5.41, 5.74) is 0.612. The Morgan fingerprint density at radius 3 is 2.43 bits per heavy atom. The van der Waals surface area contributed by atoms with Crippen LogP contribution in [0.1, 0.15) is 57.3 Å². The SMILES string of the molecule is CCCOc1ccc(C(=O)CCC(=O)NCC(C)N2CC(C)OC(C)C2)cc1. The summed E-state index contributed by atoms with van der Waals surface area (Å²) in [4.78, 5) is 26.8. The lowest BCUT2D eigenvalue weighted by Crippen LogP contribution is -2.52. The van der Waals surface area contributed by atoms with E-state index in [1.807, 2.05) is 6.92 Å². The Hall–Kier alpha value is -1.92. The fourth-order valence-corrected chi connectivity index (χ4v) is 3.38. The molecular weight excluding hydrogens is 356 g/mol. The molecule has 3 unspecified atom stereocenters. The Morgan fingerprint density at radius 2 is 1.82 bits per heavy atom. The third-order valence-electron chi connectivity index (χ3n) is 4.89. The van der Waals surface area contributed by atoms with Crippen LogP contribution in [0.4, 0.5) is 0 Å². The van der Waals surface area contributed by atoms with Crippen LogP contribution in [-0.2, 0) is 9.53 Å². The number of benzene rings is 1. The molecule has 3 atom stereocenters. The second-order valence-electron chi connectivity index (χ2n) is 7.66. The van der Waals surface area contributed by atoms with Crippen molar-refractivity contribution in [3.05, 3.63) is 29.8 Å². The maximum atomic E-state index is 12.3. The van der Waals surface area contributed by atoms with Crippen molar-refractivity contribution < 1.29 is 19.1 Å². The molecule has 0 bridgehead atoms. The number of ketones is 1. The topological polar surface area (TPSA) is 67.9 Å². The van der Waals surface area contributed by atoms with Gasteiger partial charge in [-0.2, -0.15) is 0 Å². The number of hydrogen-bond donors (Lipinski definition) is 1. The summed E-state index contributed by atoms with van der Waals surface area (Å²) in [7, 11) is 0. The molecule has 1 N–H and O–H groups in total. The number of rotatable bonds is 10. The zero-order valence-corrected chi connectivity index (χ0v) is 17.6. The van der Waals surface area contributed by atoms with E-state index in [0.29, 0.717) is 18.7 Å². The lowest BCUT2D eigenvalue weighted by atomic mass is 10.1. The van der Waals surface area contributed by atoms with Gasteiger partial charge in [-0.1, -0.05) is 6.92 Å². The van der Waals surface area contributed by atoms with Crippen LogP contribution in [-0.4, -0.2) is 61.1 Å². The Kier molecular flexibility index (Phi) is 8.93. The summed E-state index contributed by atoms with van der Waals surface area (Å²) < 4.78 is 11.3. The molecule has 1 aliphatic rings. The Morgan fingerprint density at radius 1 is 1.18 bits per heavy atom. The highest BCUT2D eigenvalue weighted by Gasteiger charge is 2.25. The minimum Gasteiger partial charge on any atom is -0.494 e. The van der Waals surface area contributed by atoms with E-state index >= 15 is 0 Å². The highest BCUT2D eigenvalue weighted by Crippen LogP contribution is 2.15. The standard InChI is InChI=1S/C22H34N2O4/c1-5-12-27-20-8-6-19(7-9-20)21(25)10-11-22(26)23-13-16(2)24-14-17(3)28-18(4)15-24/h6-9,16-18H,5,10-15H2,1-4H3,(H,23,26). The van der Waals surface area contributed by atoms with Crippen molar-refractivity contribution in [2.24, 2.45) is 0 Å². The van der Waals surface area contributed by atoms with Crippen LogP contribution >= 0.6 is 0 Å². The number of nitrogens with zero attached hydrogens (tertiary/aromatic N) is 1. The van der Waals surface area contributed by atoms with Gasteiger partial charge in [0.1, 0.15) is 5.75 Å². The summed E-state index contributed by atoms with van der Waals surface area (Å²) in [5, 5.41) is 2.95. The van der Waals surface area contributed by atoms with Gasteiger partial charge in [-0.25, -0.2) is 0 Å². The van der Waals surface area contributed by atoms with Crippen LogP contribution < -0.4 is 10.1 Å². The molecule has 156 valence electrons. The molecule has 0 radical (unpaired) electrons. The first-order valence-corrected chi connectivity index (χ1v) is 10.3. The predicted molar refractivity (Wildman–Crippen MR) is 110 cm³/mol. The minimum absolute atomic E-state index is 0.0268. The molecule has 1 aromatic rings. The van der Waals surface area contributed by atoms with Crippen molar-refractivity contribution >= 4 is 11.7 Å². The Bertz CT molecular complexity index is 622. The van der Waals surface area contributed by atoms with Crippen LogP contribution in [0.15, 0.2) is 24.3 Å². The van der Waals surface area contributed by atoms with E-state index < -0.39 is 0 Å². The van der Waals surface area contributed by atoms with Crippen molar-refractivity contribution in [3.8, 4) is 5.75 Å². The van der Waals surface area contributed by atoms with E-state index in [2.05, 4.69) is 31.0 Å². The molecule has 1 heterocycles. The first kappa shape index (κ1) is 22.4. The largest absolute Gasteiger partial charge is 0.494 e. The van der Waals surface area contributed by atoms with Crippen LogP contribution in [0.5, 0.6) is 5.75 Å². The fraction of sp³-hybridized carbons (Fsp3) is 0.636. The van der Waals surface area contributed by atoms with Gasteiger partial charge in [0.15, 0.2) is 5.78 Å². The van der Waals surface area contributed by atoms with Gasteiger partial charge in [-0.15, -0.1) is 0 Å². The molecule has 6 heteroatoms. The quantitative estimate of drug-likeness (QED) is 0.622. The number of nitrogens with one attached hydrogen (secondary N) is 1. The lowest BCUT2D eigenvalue weighted by molar-refractivity contribution is -0.121. The highest BCUT2D eigenvalue weighted by molar-refractivity contribution is 5.98. The number of carbonyl (C=O) groups is 2. The molecule has 1 aromatic carbocycles. The Labute approximate surface area is 168 Å². The molecule has 0 aromatic heterocycles. The molecule has 2 rings (SSSR count). The number of Topliss-reactive ketones (excluding diaryl/α,β-unsaturated/α-hetero) is 1. The van der Waals surface area contributed by atoms with Crippen molar-refractivity contribution in [2.45, 2.75) is 65.2 Å². The second-order valence-corrected chi connectivity index (χ2v) is 7.66. The van der Waals surface area contributed by atoms with Gasteiger partial charge in [-0.05, 0) is 51.5 Å². The summed E-state index contributed by atoms with van der Waals surface area (Å²) in [5.74, 6) is 0.649. The van der Waals surface area contributed by atoms with Crippen LogP contribution in [0, 0.1) is 0 Å². The van der Waals surface area contributed by atoms with E-state index in [4.69, 9.17) is 9.47 Å². The van der Waals surface area contributed by atoms with E-state index in [1.165, 1.54) is 0 Å². The van der Waals surface area contributed by atoms with Crippen LogP contribution in [0.25, 0.3) is 0 Å². The molecule has 1 saturated heterocycles. The fourth-order valence-electron chi connectivity index (χ4n) is 3.38. The third kappa shape index (κ3) is 7.24. The first-order valence-electron chi connectivity index (χ1n) is 10.3. The van der Waals surface area contributed by atoms with E-state index in [-0.39, 0.29) is 42.8 Å². The van der Waals surface area contributed by atoms with Gasteiger partial charge in [-0.3, -0.25) is 14.5 Å². The number of ether oxygens (including phenoxy) is 2. The lowest BCUT2D eigenvalue weighted by Gasteiger charge is -2.39. The van der Waals surface area contributed by atoms with E-state index in [0.717, 1.165) is 25.3 Å². The maximum absolute atomic E-state index is 12.3. The molecule has 6 nitrogen and oxygen atoms in total. The van der Waals surface area contributed by atoms with E-state index in [9.17, 15) is 9.59 Å². The number of hydrogen-bond acceptors (Lipinski definition) is 5. The van der Waals surface area contributed by atoms with Gasteiger partial charge >= 0.3 is 0 Å². The third-order valence-corrected chi connectivity index (χ3v) is 4.89. The van der Waals surface area contributed by atoms with E-state index in [1.54, 1.807) is 24.3 Å². The van der Waals surface area contributed by atoms with Gasteiger partial charge in [0.2, 0.25) is 5.91 Å². The predicted octanol–water partition coefficient (Wildman–Crippen LogP) is 3.05. The molecule has 1 fully saturated rings. The van der Waals surface area contributed by atoms with Crippen molar-refractivity contribution in [3.63, 3.8) is 0 Å². The summed E-state index contributed by atoms with van der Waals surface area (Å²) in [6.45, 7) is 11.3. The van der Waals surface area contributed by atoms with Crippen molar-refractivity contribution in [1.82, 2.24) is 10.2 Å². The molecule has 1 amide bonds. The maximum Gasteiger partial charge on any atom is 0.220 e. The minimum atomic E-state index is -0.0857. The average molecular weight is 391 g/mol. The highest BCUT2D eigenvalue weighted by atomic mass is 16.5. The van der Waals surface area contributed by atoms with Crippen molar-refractivity contribution in [2.75, 3.05) is 26.2 Å². The second kappa shape index (κ2) is 11.2. The Balaban J connectivity index is 1.70. The molecule has 0 spiro atoms. The summed E-state index contributed by atoms with van der Waals surface area (Å²) in [6.07, 6.45) is 1.77. The number of amides is 1. The first-order chi connectivity index (χ1) is 13.4. The zero-order chi connectivity index (χ0) is 20.5. The zero-order valence-electron chi connectivity index (χ0n) is 17.6. The monoisotopic (exact) mass is 390 g/mol. The molecule has 28 heavy (non-hydrogen) atoms. The molecular formula is C22H34N2O4. The molecule has 1 aliphatic heterocycles. The van der Waals surface area contributed by atoms with Gasteiger partial charge in [0.25, 0.3) is 0 Å². The summed E-state index contributed by atoms with van der Waals surface area (Å²) >= 11 is 0. The van der Waals surface area contributed by atoms with Crippen LogP contribution in [0.3, 0.4) is 0 Å². The molecule has 0 aliphatic carbocycles. The average Bonchev–Trinajstić information content (AvgIpc) is 2.68. The smallest absolute Gasteiger partial charge is 0.220 e. The van der Waals surface area contributed by atoms with Gasteiger partial charge in [0, 0.05) is 44.1 Å². The number of carbonyl (C=O) groups excluding carboxylic acids is 2. The summed E-state index contributed by atoms with van der Waals surface area (Å²) in [6, 6.07) is 7.36. The van der Waals surface area contributed by atoms with Gasteiger partial charge in [0.05, 0.1) is 18.8 Å². The normalized spacial score (nSPS) is 21.1. The molecule has 0 saturated carbocycles. The van der Waals surface area contributed by atoms with Crippen molar-refractivity contribution in [1.29, 1.82) is 0 Å². The van der Waals surface area contributed by atoms with Crippen LogP contribution in [0.2, 0.25) is 0 Å².